The lowest BCUT2D eigenvalue weighted by Gasteiger charge is -2.21. The summed E-state index contributed by atoms with van der Waals surface area (Å²) < 4.78 is 102. The fourth-order valence-corrected chi connectivity index (χ4v) is 8.03. The third-order valence-corrected chi connectivity index (χ3v) is 11.0. The summed E-state index contributed by atoms with van der Waals surface area (Å²) in [5.41, 5.74) is 3.51. The van der Waals surface area contributed by atoms with E-state index in [9.17, 15) is 54.1 Å². The molecule has 0 saturated heterocycles. The van der Waals surface area contributed by atoms with Gasteiger partial charge < -0.3 is 20.6 Å². The van der Waals surface area contributed by atoms with Crippen molar-refractivity contribution in [3.63, 3.8) is 0 Å². The number of hydrogen-bond acceptors (Lipinski definition) is 13. The number of nitrogens with two attached hydrogens (primary N) is 1. The van der Waals surface area contributed by atoms with E-state index in [0.29, 0.717) is 0 Å². The van der Waals surface area contributed by atoms with Crippen LogP contribution in [0.4, 0.5) is 5.69 Å². The van der Waals surface area contributed by atoms with Crippen molar-refractivity contribution >= 4 is 70.6 Å². The molecule has 274 valence electrons. The first-order valence-electron chi connectivity index (χ1n) is 14.7. The topological polar surface area (TPSA) is 322 Å². The number of carboxylic acid groups (broad SMARTS) is 1. The van der Waals surface area contributed by atoms with E-state index in [4.69, 9.17) is 20.1 Å². The predicted octanol–water partition coefficient (Wildman–Crippen LogP) is 0.422. The van der Waals surface area contributed by atoms with Crippen LogP contribution in [0.25, 0.3) is 33.4 Å². The van der Waals surface area contributed by atoms with E-state index >= 15 is 0 Å². The van der Waals surface area contributed by atoms with Crippen molar-refractivity contribution < 1.29 is 63.1 Å². The number of amides is 3. The highest BCUT2D eigenvalue weighted by molar-refractivity contribution is 7.90. The zero-order chi connectivity index (χ0) is 38.3. The summed E-state index contributed by atoms with van der Waals surface area (Å²) in [6, 6.07) is 7.71. The molecule has 3 aliphatic rings. The third kappa shape index (κ3) is 7.56. The Morgan fingerprint density at radius 2 is 1.56 bits per heavy atom. The maximum absolute atomic E-state index is 13.6. The molecule has 8 N–H and O–H groups in total. The van der Waals surface area contributed by atoms with Crippen molar-refractivity contribution in [2.75, 3.05) is 31.1 Å². The van der Waals surface area contributed by atoms with Gasteiger partial charge in [-0.15, -0.1) is 0 Å². The second kappa shape index (κ2) is 13.9. The first-order valence-corrected chi connectivity index (χ1v) is 19.2. The second-order valence-electron chi connectivity index (χ2n) is 11.2. The molecule has 0 spiro atoms. The van der Waals surface area contributed by atoms with E-state index in [1.54, 1.807) is 0 Å². The molecule has 0 aromatic heterocycles. The van der Waals surface area contributed by atoms with Gasteiger partial charge in [0.05, 0.1) is 22.4 Å². The summed E-state index contributed by atoms with van der Waals surface area (Å²) >= 11 is 0. The molecular formula is C30H27N5O14S3. The van der Waals surface area contributed by atoms with Gasteiger partial charge in [-0.2, -0.15) is 16.8 Å². The Kier molecular flexibility index (Phi) is 10.1. The Balaban J connectivity index is 1.74. The van der Waals surface area contributed by atoms with Crippen LogP contribution in [0.1, 0.15) is 27.1 Å². The number of benzene rings is 3. The number of carbonyl (C=O) groups excluding carboxylic acids is 3. The average molecular weight is 778 g/mol. The van der Waals surface area contributed by atoms with Gasteiger partial charge in [-0.3, -0.25) is 33.8 Å². The number of aromatic carboxylic acids is 1. The second-order valence-corrected chi connectivity index (χ2v) is 15.8. The predicted molar refractivity (Wildman–Crippen MR) is 180 cm³/mol. The van der Waals surface area contributed by atoms with Crippen LogP contribution >= 0.6 is 0 Å². The Bertz CT molecular complexity index is 2580. The van der Waals surface area contributed by atoms with E-state index in [2.05, 4.69) is 10.0 Å². The highest BCUT2D eigenvalue weighted by Gasteiger charge is 2.32. The fraction of sp³-hybridized carbons (Fsp3) is 0.167. The number of fused-ring (bicyclic) bond motifs is 2. The largest absolute Gasteiger partial charge is 0.478 e. The van der Waals surface area contributed by atoms with Crippen LogP contribution in [0.2, 0.25) is 0 Å². The van der Waals surface area contributed by atoms with Crippen molar-refractivity contribution in [3.05, 3.63) is 71.1 Å². The van der Waals surface area contributed by atoms with Crippen LogP contribution in [0.3, 0.4) is 0 Å². The van der Waals surface area contributed by atoms with E-state index in [1.165, 1.54) is 6.07 Å². The van der Waals surface area contributed by atoms with Crippen molar-refractivity contribution in [2.45, 2.75) is 16.2 Å². The van der Waals surface area contributed by atoms with Gasteiger partial charge in [-0.05, 0) is 54.4 Å². The number of imide groups is 1. The lowest BCUT2D eigenvalue weighted by molar-refractivity contribution is -0.136. The van der Waals surface area contributed by atoms with Gasteiger partial charge >= 0.3 is 5.97 Å². The molecule has 2 aliphatic heterocycles. The smallest absolute Gasteiger partial charge is 0.336 e. The van der Waals surface area contributed by atoms with E-state index in [1.807, 2.05) is 0 Å². The molecule has 1 aliphatic carbocycles. The highest BCUT2D eigenvalue weighted by Crippen LogP contribution is 2.45. The Morgan fingerprint density at radius 1 is 0.885 bits per heavy atom. The minimum atomic E-state index is -5.29. The molecule has 19 nitrogen and oxygen atoms in total. The number of carboxylic acids is 1. The molecule has 0 radical (unpaired) electrons. The van der Waals surface area contributed by atoms with Crippen LogP contribution in [0, 0.1) is 5.41 Å². The summed E-state index contributed by atoms with van der Waals surface area (Å²) in [5, 5.41) is 19.9. The molecule has 2 aromatic carbocycles. The number of nitrogens with zero attached hydrogens (tertiary/aromatic N) is 1. The zero-order valence-electron chi connectivity index (χ0n) is 26.3. The van der Waals surface area contributed by atoms with Crippen molar-refractivity contribution in [1.29, 1.82) is 5.41 Å². The maximum Gasteiger partial charge on any atom is 0.336 e. The summed E-state index contributed by atoms with van der Waals surface area (Å²) in [6.45, 7) is -0.934. The van der Waals surface area contributed by atoms with Gasteiger partial charge in [-0.25, -0.2) is 17.9 Å². The normalized spacial score (nSPS) is 13.7. The lowest BCUT2D eigenvalue weighted by atomic mass is 9.89. The minimum Gasteiger partial charge on any atom is -0.478 e. The van der Waals surface area contributed by atoms with E-state index < -0.39 is 104 Å². The number of nitrogens with one attached hydrogen (secondary N) is 3. The van der Waals surface area contributed by atoms with Crippen LogP contribution in [-0.4, -0.2) is 93.4 Å². The standard InChI is InChI=1S/C30H27N5O14S3/c31-20-6-4-17-24(19-14-15(2-3-16(19)30(39)40)29(38)33-11-12-35-22(36)8-9-23(35)37)18-5-7-21(32)28(52(46,47)48)26(18)49-25(17)27(20)51(44,45)34-10-1-13-50(41,42)43/h2-9,14,32,34H,1,10-13,31H2,(H,33,38)(H,39,40)(H,41,42,43)(H,46,47,48). The average Bonchev–Trinajstić information content (AvgIpc) is 3.36. The zero-order valence-corrected chi connectivity index (χ0v) is 28.8. The van der Waals surface area contributed by atoms with E-state index in [-0.39, 0.29) is 47.2 Å². The van der Waals surface area contributed by atoms with E-state index in [0.717, 1.165) is 53.5 Å². The molecule has 2 heterocycles. The van der Waals surface area contributed by atoms with Crippen LogP contribution < -0.4 is 21.1 Å². The van der Waals surface area contributed by atoms with Gasteiger partial charge in [0.25, 0.3) is 38.0 Å². The number of hydrogen-bond donors (Lipinski definition) is 7. The molecule has 5 rings (SSSR count). The SMILES string of the molecule is N=c1ccc2c(-c3cc(C(=O)NCCN4C(=O)C=CC4=O)ccc3C(=O)O)c3ccc(N)c(S(=O)(=O)NCCCS(=O)(=O)O)c3oc-2c1S(=O)(=O)O. The molecule has 0 saturated carbocycles. The third-order valence-electron chi connectivity index (χ3n) is 7.70. The molecule has 0 bridgehead atoms. The fourth-order valence-electron chi connectivity index (χ4n) is 5.45. The van der Waals surface area contributed by atoms with Gasteiger partial charge in [0.15, 0.2) is 16.2 Å². The van der Waals surface area contributed by atoms with Crippen molar-refractivity contribution in [1.82, 2.24) is 14.9 Å². The van der Waals surface area contributed by atoms with Crippen LogP contribution in [0.15, 0.2) is 68.8 Å². The monoisotopic (exact) mass is 777 g/mol. The summed E-state index contributed by atoms with van der Waals surface area (Å²) in [7, 11) is -14.5. The summed E-state index contributed by atoms with van der Waals surface area (Å²) in [5.74, 6) is -5.11. The quantitative estimate of drug-likeness (QED) is 0.0318. The Labute approximate surface area is 294 Å². The molecular weight excluding hydrogens is 751 g/mol. The number of nitrogen functional groups attached to an aromatic ring is 1. The van der Waals surface area contributed by atoms with Gasteiger partial charge in [-0.1, -0.05) is 0 Å². The first-order chi connectivity index (χ1) is 24.2. The Morgan fingerprint density at radius 3 is 2.17 bits per heavy atom. The van der Waals surface area contributed by atoms with Crippen LogP contribution in [0.5, 0.6) is 0 Å². The van der Waals surface area contributed by atoms with Gasteiger partial charge in [0, 0.05) is 53.9 Å². The first kappa shape index (κ1) is 37.7. The number of anilines is 1. The molecule has 0 unspecified atom stereocenters. The maximum atomic E-state index is 13.6. The lowest BCUT2D eigenvalue weighted by Crippen LogP contribution is -2.38. The van der Waals surface area contributed by atoms with Gasteiger partial charge in [0.1, 0.15) is 4.90 Å². The van der Waals surface area contributed by atoms with Crippen molar-refractivity contribution in [2.24, 2.45) is 0 Å². The van der Waals surface area contributed by atoms with Crippen molar-refractivity contribution in [3.8, 4) is 22.5 Å². The van der Waals surface area contributed by atoms with Gasteiger partial charge in [0.2, 0.25) is 10.0 Å². The molecule has 2 aromatic rings. The molecule has 22 heteroatoms. The molecule has 0 atom stereocenters. The Hall–Kier alpha value is -5.52. The summed E-state index contributed by atoms with van der Waals surface area (Å²) in [6.07, 6.45) is 1.73. The summed E-state index contributed by atoms with van der Waals surface area (Å²) in [4.78, 5) is 48.5. The molecule has 0 fully saturated rings. The highest BCUT2D eigenvalue weighted by atomic mass is 32.2. The number of rotatable bonds is 13. The number of carbonyl (C=O) groups is 4. The minimum absolute atomic E-state index is 0.171. The van der Waals surface area contributed by atoms with Crippen LogP contribution in [-0.2, 0) is 39.8 Å². The molecule has 52 heavy (non-hydrogen) atoms. The molecule has 3 amide bonds. The number of sulfonamides is 1.